The highest BCUT2D eigenvalue weighted by molar-refractivity contribution is 6.05. The van der Waals surface area contributed by atoms with Crippen molar-refractivity contribution in [1.82, 2.24) is 9.47 Å². The zero-order valence-electron chi connectivity index (χ0n) is 13.1. The Hall–Kier alpha value is -1.81. The van der Waals surface area contributed by atoms with Crippen molar-refractivity contribution in [1.29, 1.82) is 0 Å². The van der Waals surface area contributed by atoms with Gasteiger partial charge in [0.05, 0.1) is 11.1 Å². The first-order chi connectivity index (χ1) is 9.91. The molecule has 112 valence electrons. The zero-order chi connectivity index (χ0) is 15.3. The number of fused-ring (bicyclic) bond motifs is 3. The van der Waals surface area contributed by atoms with Crippen molar-refractivity contribution >= 4 is 16.9 Å². The number of hydrogen-bond donors (Lipinski definition) is 1. The van der Waals surface area contributed by atoms with Gasteiger partial charge in [-0.15, -0.1) is 0 Å². The number of hydrogen-bond acceptors (Lipinski definition) is 2. The summed E-state index contributed by atoms with van der Waals surface area (Å²) in [5.41, 5.74) is 4.80. The predicted molar refractivity (Wildman–Crippen MR) is 84.1 cm³/mol. The molecule has 0 saturated heterocycles. The van der Waals surface area contributed by atoms with E-state index in [1.54, 1.807) is 0 Å². The Balaban J connectivity index is 2.45. The van der Waals surface area contributed by atoms with Gasteiger partial charge in [-0.1, -0.05) is 12.1 Å². The van der Waals surface area contributed by atoms with E-state index in [0.29, 0.717) is 5.56 Å². The van der Waals surface area contributed by atoms with Crippen LogP contribution in [0.3, 0.4) is 0 Å². The second kappa shape index (κ2) is 4.88. The molecular formula is C17H22N2O2. The number of carboxylic acid groups (broad SMARTS) is 1. The van der Waals surface area contributed by atoms with E-state index in [1.807, 2.05) is 13.0 Å². The first-order valence-corrected chi connectivity index (χ1v) is 7.49. The van der Waals surface area contributed by atoms with Crippen LogP contribution in [-0.2, 0) is 13.0 Å². The summed E-state index contributed by atoms with van der Waals surface area (Å²) in [5.74, 6) is -0.830. The monoisotopic (exact) mass is 286 g/mol. The maximum Gasteiger partial charge on any atom is 0.338 e. The number of nitrogens with zero attached hydrogens (tertiary/aromatic N) is 2. The molecule has 0 radical (unpaired) electrons. The lowest BCUT2D eigenvalue weighted by Crippen LogP contribution is -2.27. The molecule has 0 atom stereocenters. The molecule has 0 unspecified atom stereocenters. The molecule has 21 heavy (non-hydrogen) atoms. The van der Waals surface area contributed by atoms with Gasteiger partial charge < -0.3 is 14.6 Å². The topological polar surface area (TPSA) is 45.5 Å². The summed E-state index contributed by atoms with van der Waals surface area (Å²) in [6.07, 6.45) is 0.983. The van der Waals surface area contributed by atoms with E-state index < -0.39 is 5.97 Å². The fourth-order valence-electron chi connectivity index (χ4n) is 3.55. The molecule has 0 amide bonds. The summed E-state index contributed by atoms with van der Waals surface area (Å²) in [5, 5.41) is 10.8. The van der Waals surface area contributed by atoms with Gasteiger partial charge in [-0.3, -0.25) is 0 Å². The van der Waals surface area contributed by atoms with Crippen LogP contribution in [-0.4, -0.2) is 34.1 Å². The number of benzene rings is 1. The van der Waals surface area contributed by atoms with Crippen LogP contribution in [0.25, 0.3) is 10.9 Å². The summed E-state index contributed by atoms with van der Waals surface area (Å²) in [7, 11) is 2.12. The molecule has 0 spiro atoms. The minimum absolute atomic E-state index is 0.263. The van der Waals surface area contributed by atoms with Gasteiger partial charge in [0.2, 0.25) is 0 Å². The first-order valence-electron chi connectivity index (χ1n) is 7.49. The minimum Gasteiger partial charge on any atom is -0.478 e. The average molecular weight is 286 g/mol. The van der Waals surface area contributed by atoms with Crippen molar-refractivity contribution in [2.75, 3.05) is 13.6 Å². The Morgan fingerprint density at radius 2 is 2.05 bits per heavy atom. The molecule has 4 nitrogen and oxygen atoms in total. The maximum atomic E-state index is 11.8. The van der Waals surface area contributed by atoms with Crippen molar-refractivity contribution in [2.45, 2.75) is 39.8 Å². The lowest BCUT2D eigenvalue weighted by Gasteiger charge is -2.25. The molecule has 0 fully saturated rings. The van der Waals surface area contributed by atoms with Crippen LogP contribution in [0.1, 0.15) is 47.1 Å². The highest BCUT2D eigenvalue weighted by Crippen LogP contribution is 2.36. The maximum absolute atomic E-state index is 11.8. The van der Waals surface area contributed by atoms with E-state index in [2.05, 4.69) is 36.4 Å². The van der Waals surface area contributed by atoms with Gasteiger partial charge in [-0.25, -0.2) is 4.79 Å². The molecule has 0 saturated carbocycles. The number of likely N-dealkylation sites (N-methyl/N-ethyl adjacent to an activating group) is 1. The molecule has 1 aliphatic rings. The summed E-state index contributed by atoms with van der Waals surface area (Å²) in [4.78, 5) is 14.1. The molecule has 1 aliphatic heterocycles. The molecule has 2 heterocycles. The Labute approximate surface area is 125 Å². The number of aryl methyl sites for hydroxylation is 1. The second-order valence-electron chi connectivity index (χ2n) is 6.34. The smallest absolute Gasteiger partial charge is 0.338 e. The van der Waals surface area contributed by atoms with Crippen molar-refractivity contribution < 1.29 is 9.90 Å². The van der Waals surface area contributed by atoms with Crippen LogP contribution in [0.5, 0.6) is 0 Å². The quantitative estimate of drug-likeness (QED) is 0.922. The van der Waals surface area contributed by atoms with Crippen LogP contribution < -0.4 is 0 Å². The molecule has 0 bridgehead atoms. The summed E-state index contributed by atoms with van der Waals surface area (Å²) < 4.78 is 2.24. The van der Waals surface area contributed by atoms with Crippen LogP contribution in [0.4, 0.5) is 0 Å². The SMILES string of the molecule is Cc1ccc2c3c(n(C(C)C)c2c1C(=O)O)CCN(C)C3. The van der Waals surface area contributed by atoms with Crippen LogP contribution >= 0.6 is 0 Å². The molecule has 4 heteroatoms. The first kappa shape index (κ1) is 14.1. The molecule has 0 aliphatic carbocycles. The lowest BCUT2D eigenvalue weighted by molar-refractivity contribution is 0.0698. The highest BCUT2D eigenvalue weighted by Gasteiger charge is 2.27. The minimum atomic E-state index is -0.830. The Bertz CT molecular complexity index is 728. The Morgan fingerprint density at radius 3 is 2.67 bits per heavy atom. The Kier molecular flexibility index (Phi) is 3.29. The summed E-state index contributed by atoms with van der Waals surface area (Å²) in [6, 6.07) is 4.29. The molecule has 1 N–H and O–H groups in total. The second-order valence-corrected chi connectivity index (χ2v) is 6.34. The third kappa shape index (κ3) is 2.05. The van der Waals surface area contributed by atoms with Crippen molar-refractivity contribution in [3.63, 3.8) is 0 Å². The number of aromatic nitrogens is 1. The van der Waals surface area contributed by atoms with Crippen LogP contribution in [0.2, 0.25) is 0 Å². The van der Waals surface area contributed by atoms with Gasteiger partial charge in [0, 0.05) is 36.6 Å². The third-order valence-electron chi connectivity index (χ3n) is 4.48. The largest absolute Gasteiger partial charge is 0.478 e. The third-order valence-corrected chi connectivity index (χ3v) is 4.48. The van der Waals surface area contributed by atoms with Crippen LogP contribution in [0.15, 0.2) is 12.1 Å². The van der Waals surface area contributed by atoms with E-state index in [4.69, 9.17) is 0 Å². The number of carbonyl (C=O) groups is 1. The fraction of sp³-hybridized carbons (Fsp3) is 0.471. The van der Waals surface area contributed by atoms with E-state index in [0.717, 1.165) is 36.0 Å². The standard InChI is InChI=1S/C17H22N2O2/c1-10(2)19-14-7-8-18(4)9-13(14)12-6-5-11(3)15(16(12)19)17(20)21/h5-6,10H,7-9H2,1-4H3,(H,20,21). The molecule has 2 aromatic rings. The summed E-state index contributed by atoms with van der Waals surface area (Å²) >= 11 is 0. The number of carboxylic acids is 1. The average Bonchev–Trinajstić information content (AvgIpc) is 2.71. The van der Waals surface area contributed by atoms with Gasteiger partial charge in [0.1, 0.15) is 0 Å². The predicted octanol–water partition coefficient (Wildman–Crippen LogP) is 3.22. The number of aromatic carboxylic acids is 1. The molecule has 3 rings (SSSR count). The van der Waals surface area contributed by atoms with Gasteiger partial charge in [0.15, 0.2) is 0 Å². The van der Waals surface area contributed by atoms with E-state index in [9.17, 15) is 9.90 Å². The van der Waals surface area contributed by atoms with Gasteiger partial charge in [-0.2, -0.15) is 0 Å². The fourth-order valence-corrected chi connectivity index (χ4v) is 3.55. The Morgan fingerprint density at radius 1 is 1.33 bits per heavy atom. The molecule has 1 aromatic carbocycles. The lowest BCUT2D eigenvalue weighted by atomic mass is 10.0. The number of rotatable bonds is 2. The van der Waals surface area contributed by atoms with Gasteiger partial charge >= 0.3 is 5.97 Å². The van der Waals surface area contributed by atoms with E-state index in [1.165, 1.54) is 11.3 Å². The molecular weight excluding hydrogens is 264 g/mol. The van der Waals surface area contributed by atoms with Crippen molar-refractivity contribution in [3.8, 4) is 0 Å². The van der Waals surface area contributed by atoms with Crippen molar-refractivity contribution in [2.24, 2.45) is 0 Å². The van der Waals surface area contributed by atoms with Crippen molar-refractivity contribution in [3.05, 3.63) is 34.5 Å². The molecule has 1 aromatic heterocycles. The normalized spacial score (nSPS) is 15.7. The summed E-state index contributed by atoms with van der Waals surface area (Å²) in [6.45, 7) is 8.06. The zero-order valence-corrected chi connectivity index (χ0v) is 13.1. The van der Waals surface area contributed by atoms with Crippen LogP contribution in [0, 0.1) is 6.92 Å². The van der Waals surface area contributed by atoms with Gasteiger partial charge in [0.25, 0.3) is 0 Å². The van der Waals surface area contributed by atoms with E-state index >= 15 is 0 Å². The van der Waals surface area contributed by atoms with Gasteiger partial charge in [-0.05, 0) is 38.9 Å². The van der Waals surface area contributed by atoms with E-state index in [-0.39, 0.29) is 6.04 Å². The highest BCUT2D eigenvalue weighted by atomic mass is 16.4.